The highest BCUT2D eigenvalue weighted by molar-refractivity contribution is 6.06. The van der Waals surface area contributed by atoms with Gasteiger partial charge in [0.25, 0.3) is 5.91 Å². The van der Waals surface area contributed by atoms with E-state index in [0.29, 0.717) is 24.2 Å². The molecule has 0 bridgehead atoms. The van der Waals surface area contributed by atoms with Gasteiger partial charge in [0.1, 0.15) is 0 Å². The van der Waals surface area contributed by atoms with Crippen LogP contribution in [-0.2, 0) is 22.5 Å². The molecule has 0 fully saturated rings. The molecule has 3 aromatic rings. The summed E-state index contributed by atoms with van der Waals surface area (Å²) in [5.74, 6) is -0.864. The molecule has 7 nitrogen and oxygen atoms in total. The van der Waals surface area contributed by atoms with Crippen molar-refractivity contribution < 1.29 is 14.3 Å². The third-order valence-electron chi connectivity index (χ3n) is 5.28. The van der Waals surface area contributed by atoms with Crippen LogP contribution in [0.15, 0.2) is 48.8 Å². The highest BCUT2D eigenvalue weighted by Crippen LogP contribution is 2.29. The Morgan fingerprint density at radius 1 is 1.23 bits per heavy atom. The molecule has 0 aliphatic carbocycles. The molecular weight excluding hydrogens is 380 g/mol. The lowest BCUT2D eigenvalue weighted by Crippen LogP contribution is -2.34. The van der Waals surface area contributed by atoms with E-state index in [4.69, 9.17) is 9.72 Å². The lowest BCUT2D eigenvalue weighted by molar-refractivity contribution is -0.124. The minimum absolute atomic E-state index is 0.364. The lowest BCUT2D eigenvalue weighted by Gasteiger charge is -2.27. The third kappa shape index (κ3) is 4.02. The summed E-state index contributed by atoms with van der Waals surface area (Å²) in [6.07, 6.45) is 3.41. The maximum absolute atomic E-state index is 13.3. The Kier molecular flexibility index (Phi) is 5.72. The van der Waals surface area contributed by atoms with E-state index in [1.165, 1.54) is 0 Å². The number of aromatic nitrogens is 2. The summed E-state index contributed by atoms with van der Waals surface area (Å²) in [7, 11) is 2.02. The van der Waals surface area contributed by atoms with Gasteiger partial charge < -0.3 is 15.0 Å². The second-order valence-electron chi connectivity index (χ2n) is 7.45. The van der Waals surface area contributed by atoms with Gasteiger partial charge in [0.05, 0.1) is 23.0 Å². The zero-order valence-corrected chi connectivity index (χ0v) is 17.1. The van der Waals surface area contributed by atoms with E-state index in [-0.39, 0.29) is 5.91 Å². The molecule has 3 heterocycles. The maximum Gasteiger partial charge on any atom is 0.340 e. The van der Waals surface area contributed by atoms with Crippen LogP contribution in [0.25, 0.3) is 10.9 Å². The van der Waals surface area contributed by atoms with E-state index < -0.39 is 12.1 Å². The number of hydrogen-bond acceptors (Lipinski definition) is 6. The van der Waals surface area contributed by atoms with Crippen molar-refractivity contribution in [3.05, 3.63) is 65.6 Å². The normalized spacial score (nSPS) is 14.7. The van der Waals surface area contributed by atoms with Crippen LogP contribution in [0.4, 0.5) is 5.69 Å². The minimum atomic E-state index is -0.901. The van der Waals surface area contributed by atoms with E-state index in [0.717, 1.165) is 35.1 Å². The van der Waals surface area contributed by atoms with Crippen LogP contribution in [-0.4, -0.2) is 46.4 Å². The van der Waals surface area contributed by atoms with Gasteiger partial charge in [-0.2, -0.15) is 0 Å². The summed E-state index contributed by atoms with van der Waals surface area (Å²) in [5.41, 5.74) is 3.64. The number of anilines is 1. The Hall–Kier alpha value is -3.32. The van der Waals surface area contributed by atoms with Crippen molar-refractivity contribution in [1.29, 1.82) is 0 Å². The number of likely N-dealkylation sites (N-methyl/N-ethyl adjacent to an activating group) is 1. The summed E-state index contributed by atoms with van der Waals surface area (Å²) in [4.78, 5) is 36.9. The van der Waals surface area contributed by atoms with Crippen LogP contribution in [0.1, 0.15) is 35.0 Å². The van der Waals surface area contributed by atoms with Crippen LogP contribution in [0.3, 0.4) is 0 Å². The van der Waals surface area contributed by atoms with Crippen molar-refractivity contribution in [2.75, 3.05) is 18.9 Å². The lowest BCUT2D eigenvalue weighted by atomic mass is 9.96. The second kappa shape index (κ2) is 8.59. The number of carbonyl (C=O) groups excluding carboxylic acids is 2. The number of nitrogens with zero attached hydrogens (tertiary/aromatic N) is 3. The quantitative estimate of drug-likeness (QED) is 0.658. The molecule has 2 aromatic heterocycles. The Bertz CT molecular complexity index is 1080. The van der Waals surface area contributed by atoms with Gasteiger partial charge in [0.2, 0.25) is 0 Å². The molecule has 1 unspecified atom stereocenters. The van der Waals surface area contributed by atoms with Crippen LogP contribution in [0, 0.1) is 0 Å². The van der Waals surface area contributed by atoms with Gasteiger partial charge in [0.15, 0.2) is 6.10 Å². The fourth-order valence-corrected chi connectivity index (χ4v) is 3.73. The van der Waals surface area contributed by atoms with Gasteiger partial charge >= 0.3 is 5.97 Å². The molecule has 1 atom stereocenters. The molecule has 1 aliphatic rings. The molecule has 1 aromatic carbocycles. The molecule has 1 aliphatic heterocycles. The standard InChI is InChI=1S/C23H24N4O3/c1-3-20(22(28)25-15-7-6-11-24-13-15)30-23(29)21-16-8-4-5-9-18(16)26-19-10-12-27(2)14-17(19)21/h4-9,11,13,20H,3,10,12,14H2,1-2H3,(H,25,28). The van der Waals surface area contributed by atoms with Gasteiger partial charge in [-0.1, -0.05) is 25.1 Å². The topological polar surface area (TPSA) is 84.4 Å². The van der Waals surface area contributed by atoms with Crippen molar-refractivity contribution in [3.63, 3.8) is 0 Å². The third-order valence-corrected chi connectivity index (χ3v) is 5.28. The SMILES string of the molecule is CCC(OC(=O)c1c2c(nc3ccccc13)CCN(C)C2)C(=O)Nc1cccnc1. The number of carbonyl (C=O) groups is 2. The van der Waals surface area contributed by atoms with Crippen molar-refractivity contribution in [3.8, 4) is 0 Å². The monoisotopic (exact) mass is 404 g/mol. The number of fused-ring (bicyclic) bond motifs is 2. The van der Waals surface area contributed by atoms with E-state index in [1.54, 1.807) is 24.5 Å². The molecule has 1 amide bonds. The summed E-state index contributed by atoms with van der Waals surface area (Å²) in [6.45, 7) is 3.32. The molecule has 154 valence electrons. The van der Waals surface area contributed by atoms with Gasteiger partial charge in [-0.15, -0.1) is 0 Å². The van der Waals surface area contributed by atoms with Gasteiger partial charge in [0, 0.05) is 42.4 Å². The number of hydrogen-bond donors (Lipinski definition) is 1. The first-order valence-corrected chi connectivity index (χ1v) is 10.1. The maximum atomic E-state index is 13.3. The van der Waals surface area contributed by atoms with Crippen LogP contribution in [0.2, 0.25) is 0 Å². The zero-order chi connectivity index (χ0) is 21.1. The molecular formula is C23H24N4O3. The summed E-state index contributed by atoms with van der Waals surface area (Å²) >= 11 is 0. The summed E-state index contributed by atoms with van der Waals surface area (Å²) < 4.78 is 5.71. The number of esters is 1. The van der Waals surface area contributed by atoms with Crippen LogP contribution >= 0.6 is 0 Å². The Morgan fingerprint density at radius 3 is 2.83 bits per heavy atom. The van der Waals surface area contributed by atoms with Crippen LogP contribution < -0.4 is 5.32 Å². The zero-order valence-electron chi connectivity index (χ0n) is 17.1. The number of rotatable bonds is 5. The fourth-order valence-electron chi connectivity index (χ4n) is 3.73. The van der Waals surface area contributed by atoms with E-state index >= 15 is 0 Å². The summed E-state index contributed by atoms with van der Waals surface area (Å²) in [6, 6.07) is 11.0. The van der Waals surface area contributed by atoms with Gasteiger partial charge in [-0.25, -0.2) is 4.79 Å². The van der Waals surface area contributed by atoms with Crippen molar-refractivity contribution in [2.24, 2.45) is 0 Å². The number of para-hydroxylation sites is 1. The molecule has 0 saturated heterocycles. The molecule has 1 N–H and O–H groups in total. The predicted molar refractivity (Wildman–Crippen MR) is 114 cm³/mol. The average Bonchev–Trinajstić information content (AvgIpc) is 2.76. The number of nitrogens with one attached hydrogen (secondary N) is 1. The smallest absolute Gasteiger partial charge is 0.340 e. The van der Waals surface area contributed by atoms with Crippen molar-refractivity contribution in [2.45, 2.75) is 32.4 Å². The average molecular weight is 404 g/mol. The second-order valence-corrected chi connectivity index (χ2v) is 7.45. The van der Waals surface area contributed by atoms with Gasteiger partial charge in [-0.05, 0) is 31.7 Å². The van der Waals surface area contributed by atoms with Gasteiger partial charge in [-0.3, -0.25) is 14.8 Å². The molecule has 7 heteroatoms. The number of benzene rings is 1. The molecule has 0 saturated carbocycles. The predicted octanol–water partition coefficient (Wildman–Crippen LogP) is 3.19. The first kappa shape index (κ1) is 20.0. The minimum Gasteiger partial charge on any atom is -0.449 e. The van der Waals surface area contributed by atoms with E-state index in [9.17, 15) is 9.59 Å². The first-order valence-electron chi connectivity index (χ1n) is 10.1. The first-order chi connectivity index (χ1) is 14.6. The Labute approximate surface area is 175 Å². The summed E-state index contributed by atoms with van der Waals surface area (Å²) in [5, 5.41) is 3.51. The van der Waals surface area contributed by atoms with Crippen LogP contribution in [0.5, 0.6) is 0 Å². The van der Waals surface area contributed by atoms with Crippen molar-refractivity contribution >= 4 is 28.5 Å². The Balaban J connectivity index is 1.65. The number of ether oxygens (including phenoxy) is 1. The highest BCUT2D eigenvalue weighted by Gasteiger charge is 2.28. The van der Waals surface area contributed by atoms with E-state index in [2.05, 4.69) is 15.2 Å². The molecule has 0 spiro atoms. The van der Waals surface area contributed by atoms with E-state index in [1.807, 2.05) is 38.2 Å². The largest absolute Gasteiger partial charge is 0.449 e. The van der Waals surface area contributed by atoms with Crippen molar-refractivity contribution in [1.82, 2.24) is 14.9 Å². The fraction of sp³-hybridized carbons (Fsp3) is 0.304. The number of amides is 1. The molecule has 0 radical (unpaired) electrons. The Morgan fingerprint density at radius 2 is 2.07 bits per heavy atom. The number of pyridine rings is 2. The highest BCUT2D eigenvalue weighted by atomic mass is 16.5. The molecule has 4 rings (SSSR count). The molecule has 30 heavy (non-hydrogen) atoms.